The SMILES string of the molecule is C[Si](C)(C)C(CCCCl)C1=C(O)O1. The van der Waals surface area contributed by atoms with Gasteiger partial charge in [-0.2, -0.15) is 0 Å². The molecule has 0 saturated heterocycles. The zero-order valence-corrected chi connectivity index (χ0v) is 10.2. The van der Waals surface area contributed by atoms with Crippen LogP contribution in [0.15, 0.2) is 11.7 Å². The zero-order valence-electron chi connectivity index (χ0n) is 8.43. The van der Waals surface area contributed by atoms with Gasteiger partial charge in [0.15, 0.2) is 5.76 Å². The molecular weight excluding hydrogens is 204 g/mol. The fourth-order valence-electron chi connectivity index (χ4n) is 1.54. The van der Waals surface area contributed by atoms with Crippen LogP contribution in [0.3, 0.4) is 0 Å². The quantitative estimate of drug-likeness (QED) is 0.569. The van der Waals surface area contributed by atoms with E-state index in [0.717, 1.165) is 18.6 Å². The predicted octanol–water partition coefficient (Wildman–Crippen LogP) is 3.47. The topological polar surface area (TPSA) is 32.8 Å². The van der Waals surface area contributed by atoms with Crippen LogP contribution >= 0.6 is 11.6 Å². The maximum Gasteiger partial charge on any atom is 0.322 e. The monoisotopic (exact) mass is 220 g/mol. The minimum atomic E-state index is -1.27. The molecule has 0 aromatic heterocycles. The lowest BCUT2D eigenvalue weighted by Gasteiger charge is -2.24. The van der Waals surface area contributed by atoms with Crippen molar-refractivity contribution in [2.24, 2.45) is 0 Å². The Labute approximate surface area is 85.6 Å². The van der Waals surface area contributed by atoms with Crippen molar-refractivity contribution in [1.29, 1.82) is 0 Å². The van der Waals surface area contributed by atoms with Crippen molar-refractivity contribution in [3.05, 3.63) is 11.7 Å². The van der Waals surface area contributed by atoms with E-state index in [-0.39, 0.29) is 5.95 Å². The van der Waals surface area contributed by atoms with Gasteiger partial charge in [0.2, 0.25) is 0 Å². The molecule has 4 heteroatoms. The minimum Gasteiger partial charge on any atom is -0.478 e. The molecule has 1 aliphatic rings. The van der Waals surface area contributed by atoms with E-state index >= 15 is 0 Å². The fraction of sp³-hybridized carbons (Fsp3) is 0.778. The van der Waals surface area contributed by atoms with Crippen LogP contribution in [0.1, 0.15) is 12.8 Å². The van der Waals surface area contributed by atoms with E-state index in [1.807, 2.05) is 0 Å². The van der Waals surface area contributed by atoms with Crippen molar-refractivity contribution in [3.8, 4) is 0 Å². The van der Waals surface area contributed by atoms with Gasteiger partial charge in [-0.3, -0.25) is 0 Å². The number of rotatable bonds is 5. The number of alkyl halides is 1. The number of aliphatic hydroxyl groups excluding tert-OH is 1. The second kappa shape index (κ2) is 3.92. The molecule has 0 bridgehead atoms. The van der Waals surface area contributed by atoms with Gasteiger partial charge in [0.1, 0.15) is 0 Å². The average molecular weight is 221 g/mol. The van der Waals surface area contributed by atoms with Crippen LogP contribution in [-0.4, -0.2) is 19.1 Å². The molecular formula is C9H17ClO2Si. The molecule has 0 aliphatic carbocycles. The van der Waals surface area contributed by atoms with E-state index in [1.165, 1.54) is 0 Å². The summed E-state index contributed by atoms with van der Waals surface area (Å²) in [6.07, 6.45) is 2.04. The predicted molar refractivity (Wildman–Crippen MR) is 57.8 cm³/mol. The lowest BCUT2D eigenvalue weighted by molar-refractivity contribution is 0.273. The first-order chi connectivity index (χ1) is 5.96. The Morgan fingerprint density at radius 1 is 1.46 bits per heavy atom. The Kier molecular flexibility index (Phi) is 3.30. The molecule has 0 spiro atoms. The van der Waals surface area contributed by atoms with Crippen molar-refractivity contribution in [3.63, 3.8) is 0 Å². The lowest BCUT2D eigenvalue weighted by atomic mass is 10.2. The van der Waals surface area contributed by atoms with Crippen molar-refractivity contribution in [2.75, 3.05) is 5.88 Å². The van der Waals surface area contributed by atoms with Crippen LogP contribution in [0, 0.1) is 0 Å². The highest BCUT2D eigenvalue weighted by Gasteiger charge is 2.40. The van der Waals surface area contributed by atoms with E-state index in [9.17, 15) is 0 Å². The van der Waals surface area contributed by atoms with Gasteiger partial charge in [-0.1, -0.05) is 19.6 Å². The van der Waals surface area contributed by atoms with E-state index in [1.54, 1.807) is 0 Å². The molecule has 1 N–H and O–H groups in total. The average Bonchev–Trinajstić information content (AvgIpc) is 2.65. The van der Waals surface area contributed by atoms with E-state index in [0.29, 0.717) is 11.4 Å². The second-order valence-corrected chi connectivity index (χ2v) is 10.3. The molecule has 0 radical (unpaired) electrons. The van der Waals surface area contributed by atoms with Gasteiger partial charge in [-0.05, 0) is 12.8 Å². The molecule has 1 rings (SSSR count). The largest absolute Gasteiger partial charge is 0.478 e. The van der Waals surface area contributed by atoms with E-state index in [2.05, 4.69) is 19.6 Å². The zero-order chi connectivity index (χ0) is 10.1. The Bertz CT molecular complexity index is 220. The summed E-state index contributed by atoms with van der Waals surface area (Å²) < 4.78 is 4.98. The maximum absolute atomic E-state index is 9.11. The molecule has 0 aromatic rings. The van der Waals surface area contributed by atoms with Crippen LogP contribution in [0.4, 0.5) is 0 Å². The molecule has 13 heavy (non-hydrogen) atoms. The third-order valence-corrected chi connectivity index (χ3v) is 5.27. The first kappa shape index (κ1) is 10.9. The molecule has 2 nitrogen and oxygen atoms in total. The Hall–Kier alpha value is -0.153. The van der Waals surface area contributed by atoms with Crippen LogP contribution in [0.5, 0.6) is 0 Å². The summed E-state index contributed by atoms with van der Waals surface area (Å²) in [6.45, 7) is 6.86. The van der Waals surface area contributed by atoms with Gasteiger partial charge in [0, 0.05) is 11.4 Å². The summed E-state index contributed by atoms with van der Waals surface area (Å²) in [7, 11) is -1.27. The van der Waals surface area contributed by atoms with Crippen LogP contribution in [0.25, 0.3) is 0 Å². The Morgan fingerprint density at radius 2 is 2.00 bits per heavy atom. The summed E-state index contributed by atoms with van der Waals surface area (Å²) in [5, 5.41) is 9.11. The highest BCUT2D eigenvalue weighted by atomic mass is 35.5. The highest BCUT2D eigenvalue weighted by Crippen LogP contribution is 2.43. The number of hydrogen-bond donors (Lipinski definition) is 1. The third kappa shape index (κ3) is 2.92. The second-order valence-electron chi connectivity index (χ2n) is 4.52. The smallest absolute Gasteiger partial charge is 0.322 e. The molecule has 0 amide bonds. The first-order valence-corrected chi connectivity index (χ1v) is 8.75. The highest BCUT2D eigenvalue weighted by molar-refractivity contribution is 6.78. The van der Waals surface area contributed by atoms with Gasteiger partial charge in [0.05, 0.1) is 8.07 Å². The van der Waals surface area contributed by atoms with Gasteiger partial charge in [0.25, 0.3) is 0 Å². The molecule has 1 atom stereocenters. The first-order valence-electron chi connectivity index (χ1n) is 4.63. The molecule has 1 heterocycles. The van der Waals surface area contributed by atoms with Crippen molar-refractivity contribution < 1.29 is 9.84 Å². The van der Waals surface area contributed by atoms with Crippen molar-refractivity contribution in [1.82, 2.24) is 0 Å². The van der Waals surface area contributed by atoms with Gasteiger partial charge >= 0.3 is 5.95 Å². The summed E-state index contributed by atoms with van der Waals surface area (Å²) in [5.41, 5.74) is 0.436. The van der Waals surface area contributed by atoms with Crippen LogP contribution < -0.4 is 0 Å². The molecule has 1 unspecified atom stereocenters. The van der Waals surface area contributed by atoms with E-state index < -0.39 is 8.07 Å². The summed E-state index contributed by atoms with van der Waals surface area (Å²) in [5.74, 6) is 1.67. The van der Waals surface area contributed by atoms with Crippen molar-refractivity contribution >= 4 is 19.7 Å². The number of halogens is 1. The molecule has 76 valence electrons. The Morgan fingerprint density at radius 3 is 2.31 bits per heavy atom. The maximum atomic E-state index is 9.11. The lowest BCUT2D eigenvalue weighted by Crippen LogP contribution is -2.28. The van der Waals surface area contributed by atoms with Gasteiger partial charge < -0.3 is 9.84 Å². The van der Waals surface area contributed by atoms with Crippen LogP contribution in [0.2, 0.25) is 25.2 Å². The molecule has 0 aromatic carbocycles. The standard InChI is InChI=1S/C9H17ClO2Si/c1-13(2,3)7(5-4-6-10)8-9(11)12-8/h7,11H,4-6H2,1-3H3. The number of ether oxygens (including phenoxy) is 1. The number of hydrogen-bond acceptors (Lipinski definition) is 2. The normalized spacial score (nSPS) is 18.5. The van der Waals surface area contributed by atoms with Crippen molar-refractivity contribution in [2.45, 2.75) is 38.0 Å². The van der Waals surface area contributed by atoms with Gasteiger partial charge in [-0.15, -0.1) is 11.6 Å². The van der Waals surface area contributed by atoms with Gasteiger partial charge in [-0.25, -0.2) is 0 Å². The fourth-order valence-corrected chi connectivity index (χ4v) is 3.73. The summed E-state index contributed by atoms with van der Waals surface area (Å²) in [6, 6.07) is 0. The number of allylic oxidation sites excluding steroid dienone is 1. The molecule has 0 saturated carbocycles. The summed E-state index contributed by atoms with van der Waals surface area (Å²) >= 11 is 5.65. The van der Waals surface area contributed by atoms with E-state index in [4.69, 9.17) is 21.4 Å². The molecule has 0 fully saturated rings. The third-order valence-electron chi connectivity index (χ3n) is 2.36. The van der Waals surface area contributed by atoms with Crippen LogP contribution in [-0.2, 0) is 4.74 Å². The Balaban J connectivity index is 2.56. The minimum absolute atomic E-state index is 0.155. The molecule has 1 aliphatic heterocycles. The number of aliphatic hydroxyl groups is 1. The summed E-state index contributed by atoms with van der Waals surface area (Å²) in [4.78, 5) is 0.